The second-order valence-corrected chi connectivity index (χ2v) is 2.40. The standard InChI is InChI=1S/C7H9F4NO2/c1-2-4(13)5(12)14-3-7(10,11)6(8)9/h2,5-6H,1,3,12H2/t5-/m1/s1. The number of carbonyl (C=O) groups excluding carboxylic acids is 1. The van der Waals surface area contributed by atoms with Crippen molar-refractivity contribution in [3.8, 4) is 0 Å². The molecule has 0 saturated heterocycles. The van der Waals surface area contributed by atoms with E-state index in [4.69, 9.17) is 5.73 Å². The summed E-state index contributed by atoms with van der Waals surface area (Å²) in [7, 11) is 0. The fourth-order valence-electron chi connectivity index (χ4n) is 0.462. The van der Waals surface area contributed by atoms with E-state index in [1.165, 1.54) is 0 Å². The number of rotatable bonds is 6. The van der Waals surface area contributed by atoms with Crippen LogP contribution in [-0.4, -0.2) is 31.0 Å². The molecule has 0 radical (unpaired) electrons. The fraction of sp³-hybridized carbons (Fsp3) is 0.571. The number of halogens is 4. The molecule has 0 fully saturated rings. The van der Waals surface area contributed by atoms with Crippen molar-refractivity contribution < 1.29 is 27.1 Å². The number of alkyl halides is 4. The first-order valence-corrected chi connectivity index (χ1v) is 3.50. The molecule has 7 heteroatoms. The quantitative estimate of drug-likeness (QED) is 0.407. The molecule has 1 atom stereocenters. The summed E-state index contributed by atoms with van der Waals surface area (Å²) in [5.41, 5.74) is 4.91. The van der Waals surface area contributed by atoms with Gasteiger partial charge in [-0.05, 0) is 6.08 Å². The summed E-state index contributed by atoms with van der Waals surface area (Å²) in [5.74, 6) is -5.16. The smallest absolute Gasteiger partial charge is 0.330 e. The van der Waals surface area contributed by atoms with E-state index in [0.717, 1.165) is 6.08 Å². The molecule has 0 aliphatic carbocycles. The zero-order valence-electron chi connectivity index (χ0n) is 7.05. The lowest BCUT2D eigenvalue weighted by Crippen LogP contribution is -2.39. The van der Waals surface area contributed by atoms with Crippen LogP contribution < -0.4 is 5.73 Å². The SMILES string of the molecule is C=CC(=O)[C@H](N)OCC(F)(F)C(F)F. The van der Waals surface area contributed by atoms with Gasteiger partial charge in [0.15, 0.2) is 12.0 Å². The highest BCUT2D eigenvalue weighted by molar-refractivity contribution is 5.92. The van der Waals surface area contributed by atoms with E-state index in [9.17, 15) is 22.4 Å². The summed E-state index contributed by atoms with van der Waals surface area (Å²) in [6, 6.07) is 0. The van der Waals surface area contributed by atoms with Crippen LogP contribution in [0.15, 0.2) is 12.7 Å². The Morgan fingerprint density at radius 3 is 2.43 bits per heavy atom. The van der Waals surface area contributed by atoms with Gasteiger partial charge in [0, 0.05) is 0 Å². The summed E-state index contributed by atoms with van der Waals surface area (Å²) >= 11 is 0. The lowest BCUT2D eigenvalue weighted by molar-refractivity contribution is -0.177. The third-order valence-electron chi connectivity index (χ3n) is 1.26. The molecule has 0 spiro atoms. The van der Waals surface area contributed by atoms with Crippen LogP contribution in [0.4, 0.5) is 17.6 Å². The lowest BCUT2D eigenvalue weighted by atomic mass is 10.3. The Morgan fingerprint density at radius 2 is 2.07 bits per heavy atom. The summed E-state index contributed by atoms with van der Waals surface area (Å²) in [5, 5.41) is 0. The third kappa shape index (κ3) is 3.84. The number of hydrogen-bond acceptors (Lipinski definition) is 3. The second-order valence-electron chi connectivity index (χ2n) is 2.40. The number of carbonyl (C=O) groups is 1. The first kappa shape index (κ1) is 13.0. The van der Waals surface area contributed by atoms with Crippen LogP contribution in [0.5, 0.6) is 0 Å². The molecule has 0 aromatic carbocycles. The zero-order valence-corrected chi connectivity index (χ0v) is 7.05. The largest absolute Gasteiger partial charge is 0.349 e. The highest BCUT2D eigenvalue weighted by atomic mass is 19.3. The molecular formula is C7H9F4NO2. The van der Waals surface area contributed by atoms with Crippen LogP contribution in [-0.2, 0) is 9.53 Å². The summed E-state index contributed by atoms with van der Waals surface area (Å²) in [6.07, 6.45) is -4.78. The van der Waals surface area contributed by atoms with Gasteiger partial charge in [-0.2, -0.15) is 8.78 Å². The second kappa shape index (κ2) is 5.06. The molecule has 0 amide bonds. The summed E-state index contributed by atoms with van der Waals surface area (Å²) in [4.78, 5) is 10.6. The van der Waals surface area contributed by atoms with Crippen LogP contribution in [0.2, 0.25) is 0 Å². The van der Waals surface area contributed by atoms with E-state index < -0.39 is 31.0 Å². The maximum Gasteiger partial charge on any atom is 0.330 e. The average Bonchev–Trinajstić information content (AvgIpc) is 2.12. The van der Waals surface area contributed by atoms with Crippen LogP contribution in [0.25, 0.3) is 0 Å². The minimum absolute atomic E-state index is 0.755. The maximum absolute atomic E-state index is 12.2. The molecule has 82 valence electrons. The van der Waals surface area contributed by atoms with Crippen molar-refractivity contribution >= 4 is 5.78 Å². The molecule has 0 aromatic rings. The Kier molecular flexibility index (Phi) is 4.72. The molecule has 0 saturated carbocycles. The summed E-state index contributed by atoms with van der Waals surface area (Å²) in [6.45, 7) is 1.41. The normalized spacial score (nSPS) is 14.1. The van der Waals surface area contributed by atoms with Gasteiger partial charge in [-0.1, -0.05) is 6.58 Å². The van der Waals surface area contributed by atoms with Crippen LogP contribution in [0.3, 0.4) is 0 Å². The van der Waals surface area contributed by atoms with E-state index in [-0.39, 0.29) is 0 Å². The highest BCUT2D eigenvalue weighted by Gasteiger charge is 2.41. The Hall–Kier alpha value is -0.950. The third-order valence-corrected chi connectivity index (χ3v) is 1.26. The lowest BCUT2D eigenvalue weighted by Gasteiger charge is -2.17. The Balaban J connectivity index is 4.05. The maximum atomic E-state index is 12.2. The van der Waals surface area contributed by atoms with Gasteiger partial charge in [-0.25, -0.2) is 8.78 Å². The van der Waals surface area contributed by atoms with Crippen molar-refractivity contribution in [1.29, 1.82) is 0 Å². The van der Waals surface area contributed by atoms with Crippen molar-refractivity contribution in [2.24, 2.45) is 5.73 Å². The minimum Gasteiger partial charge on any atom is -0.349 e. The van der Waals surface area contributed by atoms with E-state index in [0.29, 0.717) is 0 Å². The van der Waals surface area contributed by atoms with E-state index in [1.54, 1.807) is 0 Å². The molecule has 0 aliphatic heterocycles. The van der Waals surface area contributed by atoms with Gasteiger partial charge in [-0.3, -0.25) is 10.5 Å². The molecule has 0 rings (SSSR count). The number of ether oxygens (including phenoxy) is 1. The number of ketones is 1. The van der Waals surface area contributed by atoms with Gasteiger partial charge >= 0.3 is 12.3 Å². The monoisotopic (exact) mass is 215 g/mol. The molecule has 0 aromatic heterocycles. The molecular weight excluding hydrogens is 206 g/mol. The Labute approximate surface area is 77.5 Å². The van der Waals surface area contributed by atoms with Crippen LogP contribution in [0, 0.1) is 0 Å². The van der Waals surface area contributed by atoms with Gasteiger partial charge < -0.3 is 4.74 Å². The Bertz CT molecular complexity index is 220. The molecule has 0 unspecified atom stereocenters. The van der Waals surface area contributed by atoms with Gasteiger partial charge in [0.05, 0.1) is 0 Å². The van der Waals surface area contributed by atoms with Crippen molar-refractivity contribution in [3.05, 3.63) is 12.7 Å². The van der Waals surface area contributed by atoms with Crippen LogP contribution >= 0.6 is 0 Å². The van der Waals surface area contributed by atoms with E-state index in [1.807, 2.05) is 0 Å². The molecule has 2 N–H and O–H groups in total. The first-order valence-electron chi connectivity index (χ1n) is 3.50. The van der Waals surface area contributed by atoms with E-state index >= 15 is 0 Å². The van der Waals surface area contributed by atoms with Gasteiger partial charge in [0.25, 0.3) is 0 Å². The van der Waals surface area contributed by atoms with Crippen molar-refractivity contribution in [1.82, 2.24) is 0 Å². The highest BCUT2D eigenvalue weighted by Crippen LogP contribution is 2.23. The topological polar surface area (TPSA) is 52.3 Å². The van der Waals surface area contributed by atoms with Gasteiger partial charge in [0.2, 0.25) is 0 Å². The predicted octanol–water partition coefficient (Wildman–Crippen LogP) is 0.943. The first-order chi connectivity index (χ1) is 6.31. The van der Waals surface area contributed by atoms with Gasteiger partial charge in [-0.15, -0.1) is 0 Å². The number of nitrogens with two attached hydrogens (primary N) is 1. The predicted molar refractivity (Wildman–Crippen MR) is 40.1 cm³/mol. The molecule has 3 nitrogen and oxygen atoms in total. The number of hydrogen-bond donors (Lipinski definition) is 1. The average molecular weight is 215 g/mol. The van der Waals surface area contributed by atoms with Gasteiger partial charge in [0.1, 0.15) is 6.61 Å². The van der Waals surface area contributed by atoms with Crippen molar-refractivity contribution in [2.75, 3.05) is 6.61 Å². The summed E-state index contributed by atoms with van der Waals surface area (Å²) < 4.78 is 51.6. The molecule has 0 aliphatic rings. The van der Waals surface area contributed by atoms with E-state index in [2.05, 4.69) is 11.3 Å². The molecule has 14 heavy (non-hydrogen) atoms. The van der Waals surface area contributed by atoms with Crippen molar-refractivity contribution in [2.45, 2.75) is 18.6 Å². The minimum atomic E-state index is -4.31. The fourth-order valence-corrected chi connectivity index (χ4v) is 0.462. The van der Waals surface area contributed by atoms with Crippen molar-refractivity contribution in [3.63, 3.8) is 0 Å². The van der Waals surface area contributed by atoms with Crippen LogP contribution in [0.1, 0.15) is 0 Å². The molecule has 0 bridgehead atoms. The Morgan fingerprint density at radius 1 is 1.57 bits per heavy atom. The zero-order chi connectivity index (χ0) is 11.4. The molecule has 0 heterocycles.